The first-order valence-corrected chi connectivity index (χ1v) is 13.7. The number of carbonyl (C=O) groups is 2. The van der Waals surface area contributed by atoms with Crippen molar-refractivity contribution in [1.82, 2.24) is 10.2 Å². The molecular formula is C24H14BrCl2N3O4S2. The molecule has 5 rings (SSSR count). The van der Waals surface area contributed by atoms with Gasteiger partial charge in [0.15, 0.2) is 15.9 Å². The van der Waals surface area contributed by atoms with Crippen molar-refractivity contribution in [3.8, 4) is 0 Å². The van der Waals surface area contributed by atoms with Crippen LogP contribution in [0.2, 0.25) is 10.0 Å². The number of aliphatic hydroxyl groups excluding tert-OH is 1. The monoisotopic (exact) mass is 621 g/mol. The van der Waals surface area contributed by atoms with E-state index in [-0.39, 0.29) is 16.5 Å². The highest BCUT2D eigenvalue weighted by molar-refractivity contribution is 9.10. The molecule has 2 aromatic heterocycles. The number of aromatic nitrogens is 2. The van der Waals surface area contributed by atoms with Crippen molar-refractivity contribution in [3.05, 3.63) is 104 Å². The summed E-state index contributed by atoms with van der Waals surface area (Å²) in [6.07, 6.45) is 1.36. The molecular weight excluding hydrogens is 609 g/mol. The highest BCUT2D eigenvalue weighted by Gasteiger charge is 2.46. The molecule has 1 N–H and O–H groups in total. The lowest BCUT2D eigenvalue weighted by atomic mass is 9.95. The predicted molar refractivity (Wildman–Crippen MR) is 143 cm³/mol. The van der Waals surface area contributed by atoms with Crippen LogP contribution < -0.4 is 4.90 Å². The summed E-state index contributed by atoms with van der Waals surface area (Å²) in [5.41, 5.74) is 1.39. The molecule has 0 fully saturated rings. The van der Waals surface area contributed by atoms with Gasteiger partial charge in [-0.1, -0.05) is 80.4 Å². The van der Waals surface area contributed by atoms with E-state index < -0.39 is 23.5 Å². The molecule has 0 radical (unpaired) electrons. The van der Waals surface area contributed by atoms with Crippen LogP contribution in [0.5, 0.6) is 0 Å². The number of nitrogens with zero attached hydrogens (tertiary/aromatic N) is 3. The van der Waals surface area contributed by atoms with E-state index >= 15 is 0 Å². The van der Waals surface area contributed by atoms with Crippen LogP contribution in [0, 0.1) is 0 Å². The maximum atomic E-state index is 13.3. The molecule has 36 heavy (non-hydrogen) atoms. The number of amides is 1. The second-order valence-electron chi connectivity index (χ2n) is 7.58. The average molecular weight is 623 g/mol. The number of benzene rings is 2. The number of hydrogen-bond acceptors (Lipinski definition) is 8. The zero-order chi connectivity index (χ0) is 25.4. The molecule has 1 aliphatic heterocycles. The van der Waals surface area contributed by atoms with Gasteiger partial charge in [0.1, 0.15) is 0 Å². The number of furan rings is 1. The fourth-order valence-corrected chi connectivity index (χ4v) is 6.55. The average Bonchev–Trinajstić information content (AvgIpc) is 3.59. The van der Waals surface area contributed by atoms with Crippen LogP contribution in [0.3, 0.4) is 0 Å². The topological polar surface area (TPSA) is 96.5 Å². The first-order chi connectivity index (χ1) is 17.3. The Bertz CT molecular complexity index is 1510. The summed E-state index contributed by atoms with van der Waals surface area (Å²) < 4.78 is 6.59. The smallest absolute Gasteiger partial charge is 0.296 e. The van der Waals surface area contributed by atoms with E-state index in [1.807, 2.05) is 12.1 Å². The number of ketones is 1. The second kappa shape index (κ2) is 10.4. The van der Waals surface area contributed by atoms with Crippen LogP contribution in [0.1, 0.15) is 27.7 Å². The summed E-state index contributed by atoms with van der Waals surface area (Å²) in [6, 6.07) is 14.5. The van der Waals surface area contributed by atoms with Gasteiger partial charge < -0.3 is 9.52 Å². The highest BCUT2D eigenvalue weighted by atomic mass is 79.9. The SMILES string of the molecule is O=C(C1=C(O)C(=O)N(c2nnc(SCc3ccc(Cl)cc3Cl)s2)C1c1cccc(Br)c1)c1ccco1. The number of carbonyl (C=O) groups excluding carboxylic acids is 2. The standard InChI is InChI=1S/C24H14BrCl2N3O4S2/c25-14-4-1-3-12(9-14)19-18(20(31)17-5-2-8-34-17)21(32)22(33)30(19)23-28-29-24(36-23)35-11-13-6-7-15(26)10-16(13)27/h1-10,19,32H,11H2. The van der Waals surface area contributed by atoms with E-state index in [1.165, 1.54) is 40.3 Å². The lowest BCUT2D eigenvalue weighted by Gasteiger charge is -2.24. The number of aliphatic hydroxyl groups is 1. The van der Waals surface area contributed by atoms with Crippen molar-refractivity contribution in [1.29, 1.82) is 0 Å². The number of rotatable bonds is 7. The van der Waals surface area contributed by atoms with E-state index in [9.17, 15) is 14.7 Å². The highest BCUT2D eigenvalue weighted by Crippen LogP contribution is 2.44. The van der Waals surface area contributed by atoms with Crippen molar-refractivity contribution in [2.24, 2.45) is 0 Å². The Labute approximate surface area is 231 Å². The summed E-state index contributed by atoms with van der Waals surface area (Å²) in [7, 11) is 0. The molecule has 0 spiro atoms. The van der Waals surface area contributed by atoms with Crippen LogP contribution in [0.4, 0.5) is 5.13 Å². The normalized spacial score (nSPS) is 15.7. The first-order valence-electron chi connectivity index (χ1n) is 10.3. The molecule has 12 heteroatoms. The van der Waals surface area contributed by atoms with Crippen molar-refractivity contribution >= 4 is 79.1 Å². The lowest BCUT2D eigenvalue weighted by Crippen LogP contribution is -2.31. The van der Waals surface area contributed by atoms with Gasteiger partial charge in [0, 0.05) is 20.3 Å². The van der Waals surface area contributed by atoms with Gasteiger partial charge in [-0.25, -0.2) is 0 Å². The number of thioether (sulfide) groups is 1. The van der Waals surface area contributed by atoms with Gasteiger partial charge in [-0.3, -0.25) is 14.5 Å². The van der Waals surface area contributed by atoms with Crippen molar-refractivity contribution < 1.29 is 19.1 Å². The zero-order valence-corrected chi connectivity index (χ0v) is 22.8. The number of halogens is 3. The molecule has 1 aliphatic rings. The number of anilines is 1. The fourth-order valence-electron chi connectivity index (χ4n) is 3.70. The molecule has 1 unspecified atom stereocenters. The van der Waals surface area contributed by atoms with Crippen molar-refractivity contribution in [2.75, 3.05) is 4.90 Å². The van der Waals surface area contributed by atoms with E-state index in [1.54, 1.807) is 36.4 Å². The summed E-state index contributed by atoms with van der Waals surface area (Å²) in [5.74, 6) is -1.46. The van der Waals surface area contributed by atoms with Gasteiger partial charge in [0.25, 0.3) is 5.91 Å². The first kappa shape index (κ1) is 25.0. The molecule has 0 saturated heterocycles. The van der Waals surface area contributed by atoms with Gasteiger partial charge in [-0.15, -0.1) is 10.2 Å². The summed E-state index contributed by atoms with van der Waals surface area (Å²) >= 11 is 18.2. The minimum atomic E-state index is -0.927. The second-order valence-corrected chi connectivity index (χ2v) is 11.5. The lowest BCUT2D eigenvalue weighted by molar-refractivity contribution is -0.117. The Balaban J connectivity index is 1.48. The van der Waals surface area contributed by atoms with Crippen LogP contribution in [-0.4, -0.2) is 27.0 Å². The fraction of sp³-hybridized carbons (Fsp3) is 0.0833. The van der Waals surface area contributed by atoms with Crippen molar-refractivity contribution in [3.63, 3.8) is 0 Å². The summed E-state index contributed by atoms with van der Waals surface area (Å²) in [6.45, 7) is 0. The van der Waals surface area contributed by atoms with Gasteiger partial charge in [-0.05, 0) is 47.5 Å². The number of Topliss-reactive ketones (excluding diaryl/α,β-unsaturated/α-hetero) is 1. The molecule has 0 bridgehead atoms. The van der Waals surface area contributed by atoms with Crippen LogP contribution in [0.15, 0.2) is 85.4 Å². The Kier molecular flexibility index (Phi) is 7.23. The largest absolute Gasteiger partial charge is 0.503 e. The molecule has 182 valence electrons. The van der Waals surface area contributed by atoms with E-state index in [2.05, 4.69) is 26.1 Å². The molecule has 1 amide bonds. The third-order valence-electron chi connectivity index (χ3n) is 5.33. The maximum absolute atomic E-state index is 13.3. The molecule has 4 aromatic rings. The van der Waals surface area contributed by atoms with Crippen molar-refractivity contribution in [2.45, 2.75) is 16.1 Å². The molecule has 1 atom stereocenters. The minimum absolute atomic E-state index is 0.0135. The third-order valence-corrected chi connectivity index (χ3v) is 8.52. The summed E-state index contributed by atoms with van der Waals surface area (Å²) in [5, 5.41) is 20.5. The minimum Gasteiger partial charge on any atom is -0.503 e. The van der Waals surface area contributed by atoms with Crippen LogP contribution in [0.25, 0.3) is 0 Å². The maximum Gasteiger partial charge on any atom is 0.296 e. The van der Waals surface area contributed by atoms with E-state index in [4.69, 9.17) is 27.6 Å². The Morgan fingerprint density at radius 3 is 2.72 bits per heavy atom. The molecule has 2 aromatic carbocycles. The molecule has 0 aliphatic carbocycles. The number of hydrogen-bond donors (Lipinski definition) is 1. The zero-order valence-electron chi connectivity index (χ0n) is 18.0. The van der Waals surface area contributed by atoms with E-state index in [0.29, 0.717) is 25.7 Å². The molecule has 0 saturated carbocycles. The Morgan fingerprint density at radius 2 is 2.00 bits per heavy atom. The third kappa shape index (κ3) is 4.83. The van der Waals surface area contributed by atoms with Gasteiger partial charge >= 0.3 is 0 Å². The molecule has 3 heterocycles. The summed E-state index contributed by atoms with van der Waals surface area (Å²) in [4.78, 5) is 27.8. The quantitative estimate of drug-likeness (QED) is 0.131. The Morgan fingerprint density at radius 1 is 1.17 bits per heavy atom. The Hall–Kier alpha value is -2.63. The molecule has 7 nitrogen and oxygen atoms in total. The van der Waals surface area contributed by atoms with Crippen LogP contribution >= 0.6 is 62.2 Å². The van der Waals surface area contributed by atoms with Gasteiger partial charge in [0.2, 0.25) is 10.9 Å². The van der Waals surface area contributed by atoms with Gasteiger partial charge in [0.05, 0.1) is 17.9 Å². The van der Waals surface area contributed by atoms with Gasteiger partial charge in [-0.2, -0.15) is 0 Å². The van der Waals surface area contributed by atoms with Crippen LogP contribution in [-0.2, 0) is 10.5 Å². The predicted octanol–water partition coefficient (Wildman–Crippen LogP) is 7.28. The van der Waals surface area contributed by atoms with E-state index in [0.717, 1.165) is 10.0 Å².